The molecule has 1 N–H and O–H groups in total. The average Bonchev–Trinajstić information content (AvgIpc) is 2.70. The topological polar surface area (TPSA) is 29.1 Å². The molecule has 0 fully saturated rings. The zero-order valence-corrected chi connectivity index (χ0v) is 11.5. The summed E-state index contributed by atoms with van der Waals surface area (Å²) in [6.07, 6.45) is 0.495. The Morgan fingerprint density at radius 2 is 1.68 bits per heavy atom. The minimum absolute atomic E-state index is 0.0942. The first-order chi connectivity index (χ1) is 9.06. The van der Waals surface area contributed by atoms with E-state index in [0.717, 1.165) is 16.8 Å². The fourth-order valence-corrected chi connectivity index (χ4v) is 2.95. The smallest absolute Gasteiger partial charge is 0.228 e. The van der Waals surface area contributed by atoms with Crippen LogP contribution in [-0.4, -0.2) is 5.91 Å². The molecule has 19 heavy (non-hydrogen) atoms. The molecule has 1 amide bonds. The molecule has 2 aromatic carbocycles. The van der Waals surface area contributed by atoms with Crippen LogP contribution in [0.25, 0.3) is 11.1 Å². The third-order valence-electron chi connectivity index (χ3n) is 3.80. The molecule has 1 aliphatic rings. The predicted molar refractivity (Wildman–Crippen MR) is 78.4 cm³/mol. The van der Waals surface area contributed by atoms with E-state index in [1.165, 1.54) is 22.3 Å². The SMILES string of the molecule is Cc1cc(-c2c(C)cccc2C)cc2c1NC(=O)C2. The largest absolute Gasteiger partial charge is 0.325 e. The fourth-order valence-electron chi connectivity index (χ4n) is 2.95. The van der Waals surface area contributed by atoms with Crippen LogP contribution in [0.1, 0.15) is 22.3 Å². The minimum atomic E-state index is 0.0942. The number of hydrogen-bond acceptors (Lipinski definition) is 1. The molecule has 0 bridgehead atoms. The van der Waals surface area contributed by atoms with Crippen LogP contribution in [0.5, 0.6) is 0 Å². The van der Waals surface area contributed by atoms with Crippen LogP contribution in [0.2, 0.25) is 0 Å². The van der Waals surface area contributed by atoms with Gasteiger partial charge in [-0.1, -0.05) is 18.2 Å². The summed E-state index contributed by atoms with van der Waals surface area (Å²) in [5.74, 6) is 0.0942. The van der Waals surface area contributed by atoms with Gasteiger partial charge in [0.2, 0.25) is 5.91 Å². The van der Waals surface area contributed by atoms with Crippen molar-refractivity contribution in [1.29, 1.82) is 0 Å². The van der Waals surface area contributed by atoms with Crippen molar-refractivity contribution in [3.63, 3.8) is 0 Å². The lowest BCUT2D eigenvalue weighted by atomic mass is 9.92. The lowest BCUT2D eigenvalue weighted by Gasteiger charge is -2.13. The monoisotopic (exact) mass is 251 g/mol. The highest BCUT2D eigenvalue weighted by atomic mass is 16.1. The van der Waals surface area contributed by atoms with Gasteiger partial charge in [-0.25, -0.2) is 0 Å². The molecule has 0 aliphatic carbocycles. The van der Waals surface area contributed by atoms with Gasteiger partial charge in [-0.3, -0.25) is 4.79 Å². The van der Waals surface area contributed by atoms with E-state index in [4.69, 9.17) is 0 Å². The van der Waals surface area contributed by atoms with E-state index in [2.05, 4.69) is 56.4 Å². The summed E-state index contributed by atoms with van der Waals surface area (Å²) < 4.78 is 0. The number of nitrogens with one attached hydrogen (secondary N) is 1. The Bertz CT molecular complexity index is 666. The standard InChI is InChI=1S/C17H17NO/c1-10-5-4-6-11(2)16(10)13-7-12(3)17-14(8-13)9-15(19)18-17/h4-8H,9H2,1-3H3,(H,18,19). The summed E-state index contributed by atoms with van der Waals surface area (Å²) in [5, 5.41) is 2.93. The molecule has 0 atom stereocenters. The third kappa shape index (κ3) is 1.93. The molecule has 1 heterocycles. The Hall–Kier alpha value is -2.09. The molecule has 2 aromatic rings. The molecule has 0 saturated carbocycles. The van der Waals surface area contributed by atoms with Crippen LogP contribution < -0.4 is 5.32 Å². The maximum absolute atomic E-state index is 11.5. The number of aryl methyl sites for hydroxylation is 3. The highest BCUT2D eigenvalue weighted by Crippen LogP contribution is 2.35. The van der Waals surface area contributed by atoms with Crippen molar-refractivity contribution in [3.8, 4) is 11.1 Å². The van der Waals surface area contributed by atoms with Gasteiger partial charge in [0.15, 0.2) is 0 Å². The summed E-state index contributed by atoms with van der Waals surface area (Å²) in [7, 11) is 0. The molecular weight excluding hydrogens is 234 g/mol. The highest BCUT2D eigenvalue weighted by Gasteiger charge is 2.21. The van der Waals surface area contributed by atoms with Crippen LogP contribution in [0, 0.1) is 20.8 Å². The van der Waals surface area contributed by atoms with Gasteiger partial charge in [0.25, 0.3) is 0 Å². The Labute approximate surface area is 113 Å². The maximum Gasteiger partial charge on any atom is 0.228 e. The lowest BCUT2D eigenvalue weighted by Crippen LogP contribution is -2.04. The second-order valence-corrected chi connectivity index (χ2v) is 5.32. The number of rotatable bonds is 1. The van der Waals surface area contributed by atoms with E-state index in [9.17, 15) is 4.79 Å². The van der Waals surface area contributed by atoms with Crippen LogP contribution >= 0.6 is 0 Å². The summed E-state index contributed by atoms with van der Waals surface area (Å²) in [5.41, 5.74) is 8.30. The number of benzene rings is 2. The van der Waals surface area contributed by atoms with Crippen molar-refractivity contribution < 1.29 is 4.79 Å². The van der Waals surface area contributed by atoms with E-state index in [1.807, 2.05) is 0 Å². The molecular formula is C17H17NO. The Morgan fingerprint density at radius 1 is 1.00 bits per heavy atom. The lowest BCUT2D eigenvalue weighted by molar-refractivity contribution is -0.115. The van der Waals surface area contributed by atoms with E-state index < -0.39 is 0 Å². The van der Waals surface area contributed by atoms with Gasteiger partial charge in [0.05, 0.1) is 6.42 Å². The van der Waals surface area contributed by atoms with Crippen molar-refractivity contribution in [2.45, 2.75) is 27.2 Å². The summed E-state index contributed by atoms with van der Waals surface area (Å²) in [6, 6.07) is 10.7. The van der Waals surface area contributed by atoms with E-state index in [0.29, 0.717) is 6.42 Å². The molecule has 0 saturated heterocycles. The van der Waals surface area contributed by atoms with Crippen molar-refractivity contribution in [2.24, 2.45) is 0 Å². The van der Waals surface area contributed by atoms with E-state index >= 15 is 0 Å². The van der Waals surface area contributed by atoms with Gasteiger partial charge in [0.1, 0.15) is 0 Å². The van der Waals surface area contributed by atoms with Crippen LogP contribution in [0.3, 0.4) is 0 Å². The van der Waals surface area contributed by atoms with Crippen LogP contribution in [-0.2, 0) is 11.2 Å². The van der Waals surface area contributed by atoms with Gasteiger partial charge in [0, 0.05) is 5.69 Å². The molecule has 2 heteroatoms. The quantitative estimate of drug-likeness (QED) is 0.821. The molecule has 96 valence electrons. The van der Waals surface area contributed by atoms with Crippen LogP contribution in [0.15, 0.2) is 30.3 Å². The number of amides is 1. The molecule has 0 spiro atoms. The minimum Gasteiger partial charge on any atom is -0.325 e. The second kappa shape index (κ2) is 4.23. The normalized spacial score (nSPS) is 13.3. The van der Waals surface area contributed by atoms with Crippen molar-refractivity contribution in [2.75, 3.05) is 5.32 Å². The number of carbonyl (C=O) groups is 1. The van der Waals surface area contributed by atoms with Gasteiger partial charge >= 0.3 is 0 Å². The fraction of sp³-hybridized carbons (Fsp3) is 0.235. The van der Waals surface area contributed by atoms with E-state index in [-0.39, 0.29) is 5.91 Å². The van der Waals surface area contributed by atoms with Crippen molar-refractivity contribution in [3.05, 3.63) is 52.6 Å². The first kappa shape index (κ1) is 12.0. The Kier molecular flexibility index (Phi) is 2.67. The van der Waals surface area contributed by atoms with Gasteiger partial charge in [-0.15, -0.1) is 0 Å². The molecule has 1 aliphatic heterocycles. The first-order valence-corrected chi connectivity index (χ1v) is 6.56. The van der Waals surface area contributed by atoms with Gasteiger partial charge in [-0.2, -0.15) is 0 Å². The second-order valence-electron chi connectivity index (χ2n) is 5.32. The third-order valence-corrected chi connectivity index (χ3v) is 3.80. The van der Waals surface area contributed by atoms with Crippen molar-refractivity contribution >= 4 is 11.6 Å². The highest BCUT2D eigenvalue weighted by molar-refractivity contribution is 6.00. The molecule has 2 nitrogen and oxygen atoms in total. The molecule has 0 aromatic heterocycles. The average molecular weight is 251 g/mol. The van der Waals surface area contributed by atoms with Gasteiger partial charge < -0.3 is 5.32 Å². The number of hydrogen-bond donors (Lipinski definition) is 1. The Morgan fingerprint density at radius 3 is 2.37 bits per heavy atom. The van der Waals surface area contributed by atoms with Crippen molar-refractivity contribution in [1.82, 2.24) is 0 Å². The molecule has 0 unspecified atom stereocenters. The first-order valence-electron chi connectivity index (χ1n) is 6.56. The predicted octanol–water partition coefficient (Wildman–Crippen LogP) is 3.77. The summed E-state index contributed by atoms with van der Waals surface area (Å²) in [6.45, 7) is 6.32. The number of anilines is 1. The zero-order valence-electron chi connectivity index (χ0n) is 11.5. The van der Waals surface area contributed by atoms with E-state index in [1.54, 1.807) is 0 Å². The number of fused-ring (bicyclic) bond motifs is 1. The molecule has 3 rings (SSSR count). The Balaban J connectivity index is 2.21. The van der Waals surface area contributed by atoms with Crippen LogP contribution in [0.4, 0.5) is 5.69 Å². The maximum atomic E-state index is 11.5. The van der Waals surface area contributed by atoms with Gasteiger partial charge in [-0.05, 0) is 66.3 Å². The summed E-state index contributed by atoms with van der Waals surface area (Å²) in [4.78, 5) is 11.5. The zero-order chi connectivity index (χ0) is 13.6. The summed E-state index contributed by atoms with van der Waals surface area (Å²) >= 11 is 0. The molecule has 0 radical (unpaired) electrons. The number of carbonyl (C=O) groups excluding carboxylic acids is 1.